The van der Waals surface area contributed by atoms with Gasteiger partial charge in [-0.05, 0) is 62.1 Å². The first kappa shape index (κ1) is 25.5. The number of nitrogens with one attached hydrogen (secondary N) is 1. The molecule has 2 aromatic carbocycles. The Kier molecular flexibility index (Phi) is 9.28. The Bertz CT molecular complexity index is 1060. The van der Waals surface area contributed by atoms with E-state index in [1.165, 1.54) is 10.4 Å². The second kappa shape index (κ2) is 12.4. The highest BCUT2D eigenvalue weighted by molar-refractivity contribution is 7.11. The van der Waals surface area contributed by atoms with Gasteiger partial charge in [-0.2, -0.15) is 0 Å². The monoisotopic (exact) mass is 477 g/mol. The molecule has 5 nitrogen and oxygen atoms in total. The summed E-state index contributed by atoms with van der Waals surface area (Å²) < 4.78 is 0. The van der Waals surface area contributed by atoms with Crippen LogP contribution < -0.4 is 5.32 Å². The van der Waals surface area contributed by atoms with Gasteiger partial charge < -0.3 is 15.1 Å². The van der Waals surface area contributed by atoms with Gasteiger partial charge in [0.25, 0.3) is 0 Å². The summed E-state index contributed by atoms with van der Waals surface area (Å²) in [5, 5.41) is 2.97. The summed E-state index contributed by atoms with van der Waals surface area (Å²) in [6, 6.07) is 21.7. The molecule has 0 bridgehead atoms. The molecule has 1 unspecified atom stereocenters. The zero-order valence-corrected chi connectivity index (χ0v) is 21.4. The second-order valence-corrected chi connectivity index (χ2v) is 9.99. The van der Waals surface area contributed by atoms with E-state index in [9.17, 15) is 9.59 Å². The molecule has 1 aromatic heterocycles. The van der Waals surface area contributed by atoms with Crippen molar-refractivity contribution in [3.05, 3.63) is 87.6 Å². The van der Waals surface area contributed by atoms with Crippen molar-refractivity contribution in [1.82, 2.24) is 9.80 Å². The lowest BCUT2D eigenvalue weighted by Gasteiger charge is -2.31. The number of carbonyl (C=O) groups excluding carboxylic acids is 2. The number of rotatable bonds is 10. The van der Waals surface area contributed by atoms with Crippen molar-refractivity contribution >= 4 is 29.0 Å². The summed E-state index contributed by atoms with van der Waals surface area (Å²) in [5.41, 5.74) is 3.02. The highest BCUT2D eigenvalue weighted by atomic mass is 32.1. The van der Waals surface area contributed by atoms with Crippen LogP contribution in [-0.2, 0) is 24.3 Å². The minimum absolute atomic E-state index is 0.0328. The van der Waals surface area contributed by atoms with Crippen LogP contribution in [0.4, 0.5) is 10.5 Å². The first-order valence-corrected chi connectivity index (χ1v) is 12.7. The number of hydrogen-bond acceptors (Lipinski definition) is 3. The third kappa shape index (κ3) is 7.19. The molecule has 0 saturated carbocycles. The standard InChI is InChI=1S/C28H35N3O2S/c1-5-21(3)31(28(33)29-25-15-13-23(6-2)14-16-25)20-27(32)30(18-24-10-8-7-9-11-24)19-26-17-12-22(4)34-26/h7-17,21H,5-6,18-20H2,1-4H3,(H,29,33). The number of aryl methyl sites for hydroxylation is 2. The Morgan fingerprint density at radius 1 is 0.912 bits per heavy atom. The fraction of sp³-hybridized carbons (Fsp3) is 0.357. The summed E-state index contributed by atoms with van der Waals surface area (Å²) in [6.07, 6.45) is 1.71. The fourth-order valence-electron chi connectivity index (χ4n) is 3.71. The van der Waals surface area contributed by atoms with Gasteiger partial charge in [0.15, 0.2) is 0 Å². The number of hydrogen-bond donors (Lipinski definition) is 1. The molecule has 1 N–H and O–H groups in total. The lowest BCUT2D eigenvalue weighted by molar-refractivity contribution is -0.133. The van der Waals surface area contributed by atoms with Gasteiger partial charge in [-0.15, -0.1) is 11.3 Å². The molecule has 0 aliphatic rings. The molecule has 6 heteroatoms. The molecule has 0 radical (unpaired) electrons. The minimum atomic E-state index is -0.251. The summed E-state index contributed by atoms with van der Waals surface area (Å²) >= 11 is 1.70. The van der Waals surface area contributed by atoms with E-state index in [0.29, 0.717) is 13.1 Å². The number of benzene rings is 2. The van der Waals surface area contributed by atoms with Crippen molar-refractivity contribution in [2.24, 2.45) is 0 Å². The van der Waals surface area contributed by atoms with Crippen LogP contribution >= 0.6 is 11.3 Å². The van der Waals surface area contributed by atoms with Gasteiger partial charge in [0.2, 0.25) is 5.91 Å². The maximum absolute atomic E-state index is 13.5. The van der Waals surface area contributed by atoms with Crippen molar-refractivity contribution in [3.63, 3.8) is 0 Å². The molecule has 180 valence electrons. The first-order chi connectivity index (χ1) is 16.4. The van der Waals surface area contributed by atoms with Crippen LogP contribution in [0.1, 0.15) is 48.1 Å². The van der Waals surface area contributed by atoms with Gasteiger partial charge in [0.05, 0.1) is 6.54 Å². The van der Waals surface area contributed by atoms with Crippen molar-refractivity contribution in [3.8, 4) is 0 Å². The van der Waals surface area contributed by atoms with Gasteiger partial charge in [0, 0.05) is 28.0 Å². The highest BCUT2D eigenvalue weighted by Crippen LogP contribution is 2.20. The van der Waals surface area contributed by atoms with Crippen molar-refractivity contribution in [1.29, 1.82) is 0 Å². The number of amides is 3. The summed E-state index contributed by atoms with van der Waals surface area (Å²) in [5.74, 6) is -0.0633. The van der Waals surface area contributed by atoms with E-state index >= 15 is 0 Å². The van der Waals surface area contributed by atoms with E-state index in [0.717, 1.165) is 29.0 Å². The Labute approximate surface area is 207 Å². The Morgan fingerprint density at radius 3 is 2.21 bits per heavy atom. The predicted molar refractivity (Wildman–Crippen MR) is 141 cm³/mol. The molecule has 0 aliphatic heterocycles. The zero-order chi connectivity index (χ0) is 24.5. The number of urea groups is 1. The van der Waals surface area contributed by atoms with Crippen LogP contribution in [0, 0.1) is 6.92 Å². The summed E-state index contributed by atoms with van der Waals surface area (Å²) in [4.78, 5) is 32.6. The molecule has 0 aliphatic carbocycles. The zero-order valence-electron chi connectivity index (χ0n) is 20.6. The SMILES string of the molecule is CCc1ccc(NC(=O)N(CC(=O)N(Cc2ccccc2)Cc2ccc(C)s2)C(C)CC)cc1. The molecule has 1 heterocycles. The van der Waals surface area contributed by atoms with Crippen LogP contribution in [0.2, 0.25) is 0 Å². The minimum Gasteiger partial charge on any atom is -0.332 e. The number of thiophene rings is 1. The van der Waals surface area contributed by atoms with Crippen molar-refractivity contribution in [2.75, 3.05) is 11.9 Å². The Balaban J connectivity index is 1.76. The highest BCUT2D eigenvalue weighted by Gasteiger charge is 2.25. The van der Waals surface area contributed by atoms with Crippen LogP contribution in [0.25, 0.3) is 0 Å². The van der Waals surface area contributed by atoms with Crippen LogP contribution in [0.5, 0.6) is 0 Å². The summed E-state index contributed by atoms with van der Waals surface area (Å²) in [6.45, 7) is 9.25. The van der Waals surface area contributed by atoms with E-state index < -0.39 is 0 Å². The van der Waals surface area contributed by atoms with Gasteiger partial charge >= 0.3 is 6.03 Å². The largest absolute Gasteiger partial charge is 0.332 e. The molecule has 0 saturated heterocycles. The van der Waals surface area contributed by atoms with E-state index in [-0.39, 0.29) is 24.5 Å². The maximum Gasteiger partial charge on any atom is 0.322 e. The quantitative estimate of drug-likeness (QED) is 0.363. The third-order valence-corrected chi connectivity index (χ3v) is 7.00. The Hall–Kier alpha value is -3.12. The normalized spacial score (nSPS) is 11.6. The van der Waals surface area contributed by atoms with Crippen molar-refractivity contribution in [2.45, 2.75) is 59.7 Å². The fourth-order valence-corrected chi connectivity index (χ4v) is 4.61. The van der Waals surface area contributed by atoms with E-state index in [4.69, 9.17) is 0 Å². The molecule has 3 rings (SSSR count). The molecule has 3 amide bonds. The molecule has 0 fully saturated rings. The lowest BCUT2D eigenvalue weighted by Crippen LogP contribution is -2.47. The molecule has 34 heavy (non-hydrogen) atoms. The van der Waals surface area contributed by atoms with E-state index in [2.05, 4.69) is 31.3 Å². The number of carbonyl (C=O) groups is 2. The predicted octanol–water partition coefficient (Wildman–Crippen LogP) is 6.48. The van der Waals surface area contributed by atoms with Gasteiger partial charge in [0.1, 0.15) is 6.54 Å². The third-order valence-electron chi connectivity index (χ3n) is 6.01. The lowest BCUT2D eigenvalue weighted by atomic mass is 10.1. The summed E-state index contributed by atoms with van der Waals surface area (Å²) in [7, 11) is 0. The van der Waals surface area contributed by atoms with Gasteiger partial charge in [-0.25, -0.2) is 4.79 Å². The number of anilines is 1. The first-order valence-electron chi connectivity index (χ1n) is 11.9. The molecule has 1 atom stereocenters. The molecular weight excluding hydrogens is 442 g/mol. The molecule has 3 aromatic rings. The van der Waals surface area contributed by atoms with Gasteiger partial charge in [-0.1, -0.05) is 56.3 Å². The molecule has 0 spiro atoms. The maximum atomic E-state index is 13.5. The van der Waals surface area contributed by atoms with Gasteiger partial charge in [-0.3, -0.25) is 4.79 Å². The topological polar surface area (TPSA) is 52.7 Å². The van der Waals surface area contributed by atoms with E-state index in [1.54, 1.807) is 16.2 Å². The van der Waals surface area contributed by atoms with Crippen LogP contribution in [0.15, 0.2) is 66.7 Å². The average Bonchev–Trinajstić information content (AvgIpc) is 3.27. The van der Waals surface area contributed by atoms with Crippen LogP contribution in [-0.4, -0.2) is 34.3 Å². The molecular formula is C28H35N3O2S. The average molecular weight is 478 g/mol. The van der Waals surface area contributed by atoms with Crippen molar-refractivity contribution < 1.29 is 9.59 Å². The Morgan fingerprint density at radius 2 is 1.62 bits per heavy atom. The smallest absolute Gasteiger partial charge is 0.322 e. The van der Waals surface area contributed by atoms with E-state index in [1.807, 2.05) is 73.3 Å². The number of nitrogens with zero attached hydrogens (tertiary/aromatic N) is 2. The second-order valence-electron chi connectivity index (χ2n) is 8.61. The van der Waals surface area contributed by atoms with Crippen LogP contribution in [0.3, 0.4) is 0 Å².